The molecule has 1 fully saturated rings. The minimum atomic E-state index is -0.828. The van der Waals surface area contributed by atoms with Crippen LogP contribution in [0, 0.1) is 23.4 Å². The van der Waals surface area contributed by atoms with Gasteiger partial charge in [0.15, 0.2) is 11.6 Å². The van der Waals surface area contributed by atoms with Gasteiger partial charge in [0.05, 0.1) is 6.10 Å². The lowest BCUT2D eigenvalue weighted by Gasteiger charge is -2.27. The Morgan fingerprint density at radius 1 is 0.882 bits per heavy atom. The Morgan fingerprint density at radius 3 is 2.29 bits per heavy atom. The Bertz CT molecular complexity index is 1130. The first-order valence-electron chi connectivity index (χ1n) is 12.1. The summed E-state index contributed by atoms with van der Waals surface area (Å²) in [4.78, 5) is 0. The molecular weight excluding hydrogens is 433 g/mol. The molecule has 0 bridgehead atoms. The third-order valence-electron chi connectivity index (χ3n) is 6.65. The number of rotatable bonds is 8. The van der Waals surface area contributed by atoms with E-state index < -0.39 is 11.6 Å². The van der Waals surface area contributed by atoms with E-state index in [9.17, 15) is 13.2 Å². The van der Waals surface area contributed by atoms with Crippen molar-refractivity contribution in [2.75, 3.05) is 6.61 Å². The normalized spacial score (nSPS) is 18.1. The smallest absolute Gasteiger partial charge is 0.166 e. The number of ether oxygens (including phenoxy) is 1. The van der Waals surface area contributed by atoms with E-state index in [0.717, 1.165) is 43.2 Å². The average Bonchev–Trinajstić information content (AvgIpc) is 2.85. The quantitative estimate of drug-likeness (QED) is 0.239. The molecule has 3 aromatic rings. The van der Waals surface area contributed by atoms with Crippen LogP contribution in [0.25, 0.3) is 22.3 Å². The number of halogens is 3. The Labute approximate surface area is 200 Å². The van der Waals surface area contributed by atoms with Crippen LogP contribution in [-0.2, 0) is 11.2 Å². The fraction of sp³-hybridized carbons (Fsp3) is 0.333. The van der Waals surface area contributed by atoms with Crippen molar-refractivity contribution in [2.45, 2.75) is 51.6 Å². The molecule has 0 spiro atoms. The van der Waals surface area contributed by atoms with Crippen LogP contribution in [0.1, 0.15) is 56.3 Å². The topological polar surface area (TPSA) is 9.23 Å². The number of aryl methyl sites for hydroxylation is 1. The summed E-state index contributed by atoms with van der Waals surface area (Å²) in [7, 11) is 0. The van der Waals surface area contributed by atoms with Crippen LogP contribution in [-0.4, -0.2) is 6.61 Å². The molecule has 1 saturated heterocycles. The lowest BCUT2D eigenvalue weighted by atomic mass is 9.93. The maximum Gasteiger partial charge on any atom is 0.166 e. The number of benzene rings is 3. The summed E-state index contributed by atoms with van der Waals surface area (Å²) in [6, 6.07) is 15.6. The van der Waals surface area contributed by atoms with Gasteiger partial charge in [-0.1, -0.05) is 61.5 Å². The van der Waals surface area contributed by atoms with E-state index in [1.807, 2.05) is 24.3 Å². The standard InChI is InChI=1S/C30H31F3O/c1-3-4-5-6-7-23-13-15-25(30(33)29(23)32)22-11-9-21(10-12-22)24-14-16-26(27(31)18-24)28-17-8-20(2)19-34-28/h3,9-16,18,20,28H,1,4-8,17,19H2,2H3. The van der Waals surface area contributed by atoms with E-state index >= 15 is 0 Å². The largest absolute Gasteiger partial charge is 0.373 e. The number of unbranched alkanes of at least 4 members (excludes halogenated alkanes) is 2. The summed E-state index contributed by atoms with van der Waals surface area (Å²) in [6.45, 7) is 6.47. The molecule has 4 rings (SSSR count). The Morgan fingerprint density at radius 2 is 1.62 bits per heavy atom. The third kappa shape index (κ3) is 5.44. The highest BCUT2D eigenvalue weighted by Crippen LogP contribution is 2.34. The van der Waals surface area contributed by atoms with E-state index in [0.29, 0.717) is 35.6 Å². The van der Waals surface area contributed by atoms with Crippen LogP contribution in [0.5, 0.6) is 0 Å². The van der Waals surface area contributed by atoms with Crippen LogP contribution in [0.2, 0.25) is 0 Å². The van der Waals surface area contributed by atoms with Crippen molar-refractivity contribution in [2.24, 2.45) is 5.92 Å². The molecule has 178 valence electrons. The maximum absolute atomic E-state index is 14.9. The van der Waals surface area contributed by atoms with Crippen LogP contribution in [0.15, 0.2) is 67.3 Å². The van der Waals surface area contributed by atoms with Gasteiger partial charge < -0.3 is 4.74 Å². The molecule has 4 heteroatoms. The molecule has 2 atom stereocenters. The van der Waals surface area contributed by atoms with Gasteiger partial charge in [-0.2, -0.15) is 0 Å². The van der Waals surface area contributed by atoms with Crippen molar-refractivity contribution >= 4 is 0 Å². The van der Waals surface area contributed by atoms with Crippen molar-refractivity contribution in [1.29, 1.82) is 0 Å². The molecule has 1 heterocycles. The zero-order valence-corrected chi connectivity index (χ0v) is 19.6. The van der Waals surface area contributed by atoms with E-state index in [1.54, 1.807) is 30.3 Å². The zero-order chi connectivity index (χ0) is 24.1. The first kappa shape index (κ1) is 24.3. The van der Waals surface area contributed by atoms with Crippen molar-refractivity contribution < 1.29 is 17.9 Å². The first-order valence-corrected chi connectivity index (χ1v) is 12.1. The molecule has 0 amide bonds. The molecule has 0 aliphatic carbocycles. The van der Waals surface area contributed by atoms with Gasteiger partial charge in [-0.05, 0) is 72.8 Å². The van der Waals surface area contributed by atoms with Crippen LogP contribution < -0.4 is 0 Å². The predicted octanol–water partition coefficient (Wildman–Crippen LogP) is 8.82. The molecule has 0 aromatic heterocycles. The lowest BCUT2D eigenvalue weighted by Crippen LogP contribution is -2.19. The van der Waals surface area contributed by atoms with Gasteiger partial charge >= 0.3 is 0 Å². The van der Waals surface area contributed by atoms with Gasteiger partial charge in [0.2, 0.25) is 0 Å². The van der Waals surface area contributed by atoms with Crippen LogP contribution >= 0.6 is 0 Å². The van der Waals surface area contributed by atoms with Crippen molar-refractivity contribution in [1.82, 2.24) is 0 Å². The van der Waals surface area contributed by atoms with Crippen molar-refractivity contribution in [3.63, 3.8) is 0 Å². The molecule has 34 heavy (non-hydrogen) atoms. The Kier molecular flexibility index (Phi) is 7.89. The number of allylic oxidation sites excluding steroid dienone is 1. The monoisotopic (exact) mass is 464 g/mol. The summed E-state index contributed by atoms with van der Waals surface area (Å²) < 4.78 is 50.1. The molecule has 1 aliphatic heterocycles. The minimum Gasteiger partial charge on any atom is -0.373 e. The summed E-state index contributed by atoms with van der Waals surface area (Å²) in [6.07, 6.45) is 6.55. The van der Waals surface area contributed by atoms with Crippen molar-refractivity contribution in [3.05, 3.63) is 95.8 Å². The fourth-order valence-corrected chi connectivity index (χ4v) is 4.55. The van der Waals surface area contributed by atoms with Gasteiger partial charge in [-0.15, -0.1) is 6.58 Å². The Hall–Kier alpha value is -2.85. The SMILES string of the molecule is C=CCCCCc1ccc(-c2ccc(-c3ccc(C4CCC(C)CO4)c(F)c3)cc2)c(F)c1F. The molecule has 0 radical (unpaired) electrons. The fourth-order valence-electron chi connectivity index (χ4n) is 4.55. The lowest BCUT2D eigenvalue weighted by molar-refractivity contribution is -0.0141. The Balaban J connectivity index is 1.49. The highest BCUT2D eigenvalue weighted by molar-refractivity contribution is 5.71. The maximum atomic E-state index is 14.9. The highest BCUT2D eigenvalue weighted by Gasteiger charge is 2.23. The number of hydrogen-bond donors (Lipinski definition) is 0. The predicted molar refractivity (Wildman–Crippen MR) is 132 cm³/mol. The summed E-state index contributed by atoms with van der Waals surface area (Å²) in [5.41, 5.74) is 3.35. The van der Waals surface area contributed by atoms with Crippen LogP contribution in [0.3, 0.4) is 0 Å². The van der Waals surface area contributed by atoms with Gasteiger partial charge in [0, 0.05) is 17.7 Å². The van der Waals surface area contributed by atoms with Crippen LogP contribution in [0.4, 0.5) is 13.2 Å². The van der Waals surface area contributed by atoms with E-state index in [-0.39, 0.29) is 17.5 Å². The summed E-state index contributed by atoms with van der Waals surface area (Å²) in [5, 5.41) is 0. The zero-order valence-electron chi connectivity index (χ0n) is 19.6. The molecule has 0 saturated carbocycles. The molecular formula is C30H31F3O. The summed E-state index contributed by atoms with van der Waals surface area (Å²) in [5.74, 6) is -1.38. The van der Waals surface area contributed by atoms with Gasteiger partial charge in [-0.25, -0.2) is 13.2 Å². The first-order chi connectivity index (χ1) is 16.5. The summed E-state index contributed by atoms with van der Waals surface area (Å²) >= 11 is 0. The molecule has 0 N–H and O–H groups in total. The van der Waals surface area contributed by atoms with E-state index in [4.69, 9.17) is 4.74 Å². The number of hydrogen-bond acceptors (Lipinski definition) is 1. The second kappa shape index (κ2) is 11.1. The molecule has 3 aromatic carbocycles. The van der Waals surface area contributed by atoms with Gasteiger partial charge in [0.25, 0.3) is 0 Å². The minimum absolute atomic E-state index is 0.199. The second-order valence-corrected chi connectivity index (χ2v) is 9.25. The average molecular weight is 465 g/mol. The van der Waals surface area contributed by atoms with Gasteiger partial charge in [0.1, 0.15) is 5.82 Å². The van der Waals surface area contributed by atoms with Gasteiger partial charge in [-0.3, -0.25) is 0 Å². The highest BCUT2D eigenvalue weighted by atomic mass is 19.2. The van der Waals surface area contributed by atoms with E-state index in [1.165, 1.54) is 6.07 Å². The molecule has 2 unspecified atom stereocenters. The third-order valence-corrected chi connectivity index (χ3v) is 6.65. The van der Waals surface area contributed by atoms with E-state index in [2.05, 4.69) is 13.5 Å². The second-order valence-electron chi connectivity index (χ2n) is 9.25. The molecule has 1 nitrogen and oxygen atoms in total. The van der Waals surface area contributed by atoms with Crippen molar-refractivity contribution in [3.8, 4) is 22.3 Å². The molecule has 1 aliphatic rings.